The number of halogens is 1. The summed E-state index contributed by atoms with van der Waals surface area (Å²) in [6.45, 7) is 1.27. The lowest BCUT2D eigenvalue weighted by atomic mass is 10.1. The van der Waals surface area contributed by atoms with E-state index in [9.17, 15) is 19.7 Å². The molecule has 0 fully saturated rings. The number of nitrogens with zero attached hydrogens (tertiary/aromatic N) is 2. The first-order chi connectivity index (χ1) is 13.2. The number of hydrogen-bond acceptors (Lipinski definition) is 6. The van der Waals surface area contributed by atoms with E-state index >= 15 is 0 Å². The maximum Gasteiger partial charge on any atom is 0.338 e. The molecule has 148 valence electrons. The van der Waals surface area contributed by atoms with Gasteiger partial charge in [-0.2, -0.15) is 0 Å². The largest absolute Gasteiger partial charge is 0.452 e. The first kappa shape index (κ1) is 21.2. The van der Waals surface area contributed by atoms with Crippen LogP contribution < -0.4 is 10.2 Å². The second-order valence-electron chi connectivity index (χ2n) is 6.28. The SMILES string of the molecule is C[C@@H](NC(=O)COC(=O)c1ccc(N(C)C)c([N+](=O)[O-])c1)c1cccc(Cl)c1. The van der Waals surface area contributed by atoms with Gasteiger partial charge in [0.2, 0.25) is 0 Å². The summed E-state index contributed by atoms with van der Waals surface area (Å²) in [7, 11) is 3.32. The standard InChI is InChI=1S/C19H20ClN3O5/c1-12(13-5-4-6-15(20)9-13)21-18(24)11-28-19(25)14-7-8-16(22(2)3)17(10-14)23(26)27/h4-10,12H,11H2,1-3H3,(H,21,24)/t12-/m1/s1. The van der Waals surface area contributed by atoms with Crippen LogP contribution in [-0.4, -0.2) is 37.5 Å². The van der Waals surface area contributed by atoms with E-state index in [1.54, 1.807) is 44.1 Å². The number of hydrogen-bond donors (Lipinski definition) is 1. The molecule has 0 aliphatic heterocycles. The van der Waals surface area contributed by atoms with Crippen LogP contribution in [0.2, 0.25) is 5.02 Å². The zero-order chi connectivity index (χ0) is 20.8. The first-order valence-electron chi connectivity index (χ1n) is 8.36. The number of esters is 1. The monoisotopic (exact) mass is 405 g/mol. The van der Waals surface area contributed by atoms with Gasteiger partial charge in [0.25, 0.3) is 11.6 Å². The lowest BCUT2D eigenvalue weighted by Gasteiger charge is -2.15. The maximum atomic E-state index is 12.1. The van der Waals surface area contributed by atoms with Crippen molar-refractivity contribution in [2.45, 2.75) is 13.0 Å². The third-order valence-electron chi connectivity index (χ3n) is 3.95. The highest BCUT2D eigenvalue weighted by Gasteiger charge is 2.20. The average molecular weight is 406 g/mol. The number of anilines is 1. The number of nitro benzene ring substituents is 1. The van der Waals surface area contributed by atoms with Crippen molar-refractivity contribution in [1.82, 2.24) is 5.32 Å². The summed E-state index contributed by atoms with van der Waals surface area (Å²) in [5.41, 5.74) is 0.934. The van der Waals surface area contributed by atoms with Crippen LogP contribution in [0.3, 0.4) is 0 Å². The molecule has 28 heavy (non-hydrogen) atoms. The number of nitro groups is 1. The molecule has 0 saturated heterocycles. The third kappa shape index (κ3) is 5.43. The predicted molar refractivity (Wildman–Crippen MR) is 106 cm³/mol. The lowest BCUT2D eigenvalue weighted by Crippen LogP contribution is -2.31. The number of amides is 1. The van der Waals surface area contributed by atoms with Gasteiger partial charge < -0.3 is 15.0 Å². The van der Waals surface area contributed by atoms with Crippen LogP contribution in [0.15, 0.2) is 42.5 Å². The molecule has 0 unspecified atom stereocenters. The molecule has 2 aromatic carbocycles. The van der Waals surface area contributed by atoms with Crippen LogP contribution >= 0.6 is 11.6 Å². The third-order valence-corrected chi connectivity index (χ3v) is 4.19. The van der Waals surface area contributed by atoms with Crippen molar-refractivity contribution in [3.05, 3.63) is 68.7 Å². The molecule has 2 rings (SSSR count). The van der Waals surface area contributed by atoms with Crippen LogP contribution in [0.5, 0.6) is 0 Å². The van der Waals surface area contributed by atoms with Gasteiger partial charge in [0.1, 0.15) is 5.69 Å². The summed E-state index contributed by atoms with van der Waals surface area (Å²) in [6, 6.07) is 10.7. The minimum absolute atomic E-state index is 0.00649. The average Bonchev–Trinajstić information content (AvgIpc) is 2.65. The van der Waals surface area contributed by atoms with Crippen LogP contribution in [0.1, 0.15) is 28.9 Å². The van der Waals surface area contributed by atoms with Gasteiger partial charge in [0, 0.05) is 25.2 Å². The fraction of sp³-hybridized carbons (Fsp3) is 0.263. The van der Waals surface area contributed by atoms with E-state index in [1.807, 2.05) is 6.07 Å². The second kappa shape index (κ2) is 9.18. The zero-order valence-electron chi connectivity index (χ0n) is 15.6. The molecule has 1 atom stereocenters. The van der Waals surface area contributed by atoms with E-state index < -0.39 is 23.4 Å². The van der Waals surface area contributed by atoms with Gasteiger partial charge in [-0.15, -0.1) is 0 Å². The van der Waals surface area contributed by atoms with Gasteiger partial charge in [-0.25, -0.2) is 4.79 Å². The van der Waals surface area contributed by atoms with Crippen LogP contribution in [0, 0.1) is 10.1 Å². The summed E-state index contributed by atoms with van der Waals surface area (Å²) in [5.74, 6) is -1.32. The Morgan fingerprint density at radius 2 is 1.96 bits per heavy atom. The number of ether oxygens (including phenoxy) is 1. The van der Waals surface area contributed by atoms with E-state index in [0.717, 1.165) is 11.6 Å². The molecular weight excluding hydrogens is 386 g/mol. The van der Waals surface area contributed by atoms with Crippen molar-refractivity contribution in [3.63, 3.8) is 0 Å². The van der Waals surface area contributed by atoms with Gasteiger partial charge >= 0.3 is 5.97 Å². The number of carbonyl (C=O) groups excluding carboxylic acids is 2. The van der Waals surface area contributed by atoms with Crippen molar-refractivity contribution >= 4 is 34.9 Å². The van der Waals surface area contributed by atoms with Crippen molar-refractivity contribution in [3.8, 4) is 0 Å². The lowest BCUT2D eigenvalue weighted by molar-refractivity contribution is -0.384. The molecule has 0 aliphatic rings. The normalized spacial score (nSPS) is 11.4. The Morgan fingerprint density at radius 3 is 2.57 bits per heavy atom. The Bertz CT molecular complexity index is 901. The van der Waals surface area contributed by atoms with Crippen LogP contribution in [0.25, 0.3) is 0 Å². The number of benzene rings is 2. The second-order valence-corrected chi connectivity index (χ2v) is 6.71. The molecule has 0 spiro atoms. The number of rotatable bonds is 7. The molecule has 0 heterocycles. The molecule has 9 heteroatoms. The van der Waals surface area contributed by atoms with Crippen molar-refractivity contribution < 1.29 is 19.2 Å². The summed E-state index contributed by atoms with van der Waals surface area (Å²) in [6.07, 6.45) is 0. The predicted octanol–water partition coefficient (Wildman–Crippen LogP) is 3.35. The molecule has 0 saturated carbocycles. The van der Waals surface area contributed by atoms with E-state index in [-0.39, 0.29) is 17.3 Å². The minimum Gasteiger partial charge on any atom is -0.452 e. The number of carbonyl (C=O) groups is 2. The molecule has 2 aromatic rings. The molecule has 8 nitrogen and oxygen atoms in total. The molecule has 0 aliphatic carbocycles. The summed E-state index contributed by atoms with van der Waals surface area (Å²) in [4.78, 5) is 36.4. The van der Waals surface area contributed by atoms with E-state index in [2.05, 4.69) is 5.32 Å². The summed E-state index contributed by atoms with van der Waals surface area (Å²) >= 11 is 5.93. The van der Waals surface area contributed by atoms with Gasteiger partial charge in [-0.3, -0.25) is 14.9 Å². The van der Waals surface area contributed by atoms with Crippen LogP contribution in [-0.2, 0) is 9.53 Å². The Morgan fingerprint density at radius 1 is 1.25 bits per heavy atom. The number of nitrogens with one attached hydrogen (secondary N) is 1. The molecule has 0 aromatic heterocycles. The highest BCUT2D eigenvalue weighted by Crippen LogP contribution is 2.28. The Kier molecular flexibility index (Phi) is 6.94. The quantitative estimate of drug-likeness (QED) is 0.430. The highest BCUT2D eigenvalue weighted by molar-refractivity contribution is 6.30. The topological polar surface area (TPSA) is 102 Å². The van der Waals surface area contributed by atoms with E-state index in [0.29, 0.717) is 10.7 Å². The minimum atomic E-state index is -0.820. The van der Waals surface area contributed by atoms with Crippen molar-refractivity contribution in [1.29, 1.82) is 0 Å². The summed E-state index contributed by atoms with van der Waals surface area (Å²) < 4.78 is 4.97. The van der Waals surface area contributed by atoms with Crippen LogP contribution in [0.4, 0.5) is 11.4 Å². The Balaban J connectivity index is 1.98. The van der Waals surface area contributed by atoms with Crippen molar-refractivity contribution in [2.24, 2.45) is 0 Å². The smallest absolute Gasteiger partial charge is 0.338 e. The summed E-state index contributed by atoms with van der Waals surface area (Å²) in [5, 5.41) is 14.4. The molecule has 1 amide bonds. The zero-order valence-corrected chi connectivity index (χ0v) is 16.4. The molecular formula is C19H20ClN3O5. The maximum absolute atomic E-state index is 12.1. The fourth-order valence-electron chi connectivity index (χ4n) is 2.53. The van der Waals surface area contributed by atoms with Gasteiger partial charge in [0.05, 0.1) is 16.5 Å². The molecule has 0 bridgehead atoms. The fourth-order valence-corrected chi connectivity index (χ4v) is 2.73. The van der Waals surface area contributed by atoms with E-state index in [1.165, 1.54) is 12.1 Å². The molecule has 0 radical (unpaired) electrons. The highest BCUT2D eigenvalue weighted by atomic mass is 35.5. The molecule has 1 N–H and O–H groups in total. The first-order valence-corrected chi connectivity index (χ1v) is 8.74. The Hall–Kier alpha value is -3.13. The van der Waals surface area contributed by atoms with Gasteiger partial charge in [-0.1, -0.05) is 23.7 Å². The van der Waals surface area contributed by atoms with Crippen molar-refractivity contribution in [2.75, 3.05) is 25.6 Å². The van der Waals surface area contributed by atoms with Gasteiger partial charge in [-0.05, 0) is 36.8 Å². The Labute approximate surface area is 167 Å². The van der Waals surface area contributed by atoms with E-state index in [4.69, 9.17) is 16.3 Å². The van der Waals surface area contributed by atoms with Gasteiger partial charge in [0.15, 0.2) is 6.61 Å².